The molecule has 1 aliphatic rings. The minimum atomic E-state index is -0.544. The molecule has 7 heteroatoms. The van der Waals surface area contributed by atoms with Crippen molar-refractivity contribution < 1.29 is 19.2 Å². The van der Waals surface area contributed by atoms with Gasteiger partial charge < -0.3 is 9.64 Å². The zero-order chi connectivity index (χ0) is 19.4. The van der Waals surface area contributed by atoms with Crippen molar-refractivity contribution in [2.45, 2.75) is 27.7 Å². The van der Waals surface area contributed by atoms with E-state index < -0.39 is 10.9 Å². The van der Waals surface area contributed by atoms with E-state index in [1.54, 1.807) is 37.0 Å². The minimum absolute atomic E-state index is 0.0383. The average molecular weight is 358 g/mol. The maximum atomic E-state index is 12.9. The number of non-ortho nitro benzene ring substituents is 1. The maximum absolute atomic E-state index is 12.9. The fourth-order valence-corrected chi connectivity index (χ4v) is 2.77. The van der Waals surface area contributed by atoms with Crippen LogP contribution in [-0.2, 0) is 14.3 Å². The Balaban J connectivity index is 2.47. The molecule has 1 aromatic carbocycles. The Kier molecular flexibility index (Phi) is 5.92. The molecule has 1 aromatic rings. The standard InChI is InChI=1S/C19H22N2O5/c1-5-26-19(23)17-13(4)20(11-12(2)3)18(22)16(17)10-14-6-8-15(9-7-14)21(24)25/h6-10,12H,5,11H2,1-4H3. The molecule has 1 amide bonds. The smallest absolute Gasteiger partial charge is 0.340 e. The van der Waals surface area contributed by atoms with Crippen molar-refractivity contribution in [2.24, 2.45) is 5.92 Å². The number of nitro groups is 1. The summed E-state index contributed by atoms with van der Waals surface area (Å²) < 4.78 is 5.11. The highest BCUT2D eigenvalue weighted by atomic mass is 16.6. The largest absolute Gasteiger partial charge is 0.462 e. The molecule has 0 N–H and O–H groups in total. The van der Waals surface area contributed by atoms with E-state index in [2.05, 4.69) is 0 Å². The van der Waals surface area contributed by atoms with Crippen molar-refractivity contribution in [1.82, 2.24) is 4.90 Å². The van der Waals surface area contributed by atoms with E-state index in [9.17, 15) is 19.7 Å². The molecule has 0 aromatic heterocycles. The number of benzene rings is 1. The van der Waals surface area contributed by atoms with Crippen molar-refractivity contribution >= 4 is 23.6 Å². The molecule has 138 valence electrons. The summed E-state index contributed by atoms with van der Waals surface area (Å²) in [7, 11) is 0. The number of rotatable bonds is 6. The molecular weight excluding hydrogens is 336 g/mol. The Morgan fingerprint density at radius 1 is 1.31 bits per heavy atom. The second-order valence-electron chi connectivity index (χ2n) is 6.40. The van der Waals surface area contributed by atoms with Crippen molar-refractivity contribution in [1.29, 1.82) is 0 Å². The number of nitrogens with zero attached hydrogens (tertiary/aromatic N) is 2. The van der Waals surface area contributed by atoms with Crippen molar-refractivity contribution in [3.63, 3.8) is 0 Å². The van der Waals surface area contributed by atoms with Gasteiger partial charge in [0.15, 0.2) is 0 Å². The molecule has 0 aliphatic carbocycles. The van der Waals surface area contributed by atoms with Gasteiger partial charge in [0.1, 0.15) is 0 Å². The summed E-state index contributed by atoms with van der Waals surface area (Å²) in [6.45, 7) is 8.11. The molecule has 1 heterocycles. The van der Waals surface area contributed by atoms with Gasteiger partial charge in [0, 0.05) is 24.4 Å². The predicted molar refractivity (Wildman–Crippen MR) is 97.0 cm³/mol. The number of nitro benzene ring substituents is 1. The van der Waals surface area contributed by atoms with E-state index >= 15 is 0 Å². The quantitative estimate of drug-likeness (QED) is 0.337. The number of esters is 1. The van der Waals surface area contributed by atoms with Crippen molar-refractivity contribution in [3.05, 3.63) is 56.8 Å². The first-order chi connectivity index (χ1) is 12.3. The SMILES string of the molecule is CCOC(=O)C1=C(C)N(CC(C)C)C(=O)C1=Cc1ccc([N+](=O)[O-])cc1. The van der Waals surface area contributed by atoms with E-state index in [0.717, 1.165) is 0 Å². The lowest BCUT2D eigenvalue weighted by Crippen LogP contribution is -2.28. The molecule has 0 bridgehead atoms. The third kappa shape index (κ3) is 3.99. The molecule has 0 spiro atoms. The van der Waals surface area contributed by atoms with Crippen LogP contribution >= 0.6 is 0 Å². The van der Waals surface area contributed by atoms with Crippen molar-refractivity contribution in [2.75, 3.05) is 13.2 Å². The van der Waals surface area contributed by atoms with Crippen LogP contribution < -0.4 is 0 Å². The van der Waals surface area contributed by atoms with Crippen LogP contribution in [0.25, 0.3) is 6.08 Å². The van der Waals surface area contributed by atoms with Gasteiger partial charge in [0.05, 0.1) is 22.7 Å². The first-order valence-corrected chi connectivity index (χ1v) is 8.42. The number of amides is 1. The summed E-state index contributed by atoms with van der Waals surface area (Å²) in [6, 6.07) is 5.81. The van der Waals surface area contributed by atoms with Crippen LogP contribution in [0.1, 0.15) is 33.3 Å². The van der Waals surface area contributed by atoms with Crippen LogP contribution in [0.3, 0.4) is 0 Å². The van der Waals surface area contributed by atoms with Gasteiger partial charge >= 0.3 is 5.97 Å². The third-order valence-corrected chi connectivity index (χ3v) is 3.95. The molecule has 0 unspecified atom stereocenters. The Hall–Kier alpha value is -2.96. The molecule has 0 fully saturated rings. The third-order valence-electron chi connectivity index (χ3n) is 3.95. The lowest BCUT2D eigenvalue weighted by Gasteiger charge is -2.19. The van der Waals surface area contributed by atoms with Gasteiger partial charge in [-0.05, 0) is 43.5 Å². The molecule has 0 saturated carbocycles. The van der Waals surface area contributed by atoms with Gasteiger partial charge in [0.25, 0.3) is 11.6 Å². The highest BCUT2D eigenvalue weighted by Crippen LogP contribution is 2.32. The van der Waals surface area contributed by atoms with Gasteiger partial charge in [-0.2, -0.15) is 0 Å². The van der Waals surface area contributed by atoms with Gasteiger partial charge in [-0.3, -0.25) is 14.9 Å². The highest BCUT2D eigenvalue weighted by molar-refractivity contribution is 6.16. The molecular formula is C19H22N2O5. The predicted octanol–water partition coefficient (Wildman–Crippen LogP) is 3.31. The first-order valence-electron chi connectivity index (χ1n) is 8.42. The Bertz CT molecular complexity index is 791. The highest BCUT2D eigenvalue weighted by Gasteiger charge is 2.37. The minimum Gasteiger partial charge on any atom is -0.462 e. The zero-order valence-corrected chi connectivity index (χ0v) is 15.3. The summed E-state index contributed by atoms with van der Waals surface area (Å²) in [5.41, 5.74) is 1.62. The molecule has 2 rings (SSSR count). The number of carbonyl (C=O) groups is 2. The van der Waals surface area contributed by atoms with E-state index in [1.807, 2.05) is 13.8 Å². The number of hydrogen-bond donors (Lipinski definition) is 0. The van der Waals surface area contributed by atoms with Crippen LogP contribution in [0.5, 0.6) is 0 Å². The average Bonchev–Trinajstić information content (AvgIpc) is 2.79. The van der Waals surface area contributed by atoms with Gasteiger partial charge in [-0.1, -0.05) is 13.8 Å². The van der Waals surface area contributed by atoms with E-state index in [-0.39, 0.29) is 35.3 Å². The second-order valence-corrected chi connectivity index (χ2v) is 6.40. The fourth-order valence-electron chi connectivity index (χ4n) is 2.77. The summed E-state index contributed by atoms with van der Waals surface area (Å²) in [4.78, 5) is 37.1. The fraction of sp³-hybridized carbons (Fsp3) is 0.368. The Morgan fingerprint density at radius 3 is 2.42 bits per heavy atom. The van der Waals surface area contributed by atoms with Crippen LogP contribution in [0.2, 0.25) is 0 Å². The van der Waals surface area contributed by atoms with Crippen LogP contribution in [0, 0.1) is 16.0 Å². The number of carbonyl (C=O) groups excluding carboxylic acids is 2. The number of ether oxygens (including phenoxy) is 1. The molecule has 0 atom stereocenters. The topological polar surface area (TPSA) is 89.8 Å². The van der Waals surface area contributed by atoms with Crippen LogP contribution in [0.4, 0.5) is 5.69 Å². The van der Waals surface area contributed by atoms with Gasteiger partial charge in [-0.15, -0.1) is 0 Å². The molecule has 26 heavy (non-hydrogen) atoms. The van der Waals surface area contributed by atoms with Gasteiger partial charge in [-0.25, -0.2) is 4.79 Å². The second kappa shape index (κ2) is 7.95. The summed E-state index contributed by atoms with van der Waals surface area (Å²) in [5, 5.41) is 10.8. The molecule has 7 nitrogen and oxygen atoms in total. The van der Waals surface area contributed by atoms with Gasteiger partial charge in [0.2, 0.25) is 0 Å². The lowest BCUT2D eigenvalue weighted by molar-refractivity contribution is -0.384. The summed E-state index contributed by atoms with van der Waals surface area (Å²) in [6.07, 6.45) is 1.57. The molecule has 1 aliphatic heterocycles. The van der Waals surface area contributed by atoms with E-state index in [0.29, 0.717) is 17.8 Å². The normalized spacial score (nSPS) is 16.0. The van der Waals surface area contributed by atoms with Crippen LogP contribution in [0.15, 0.2) is 41.1 Å². The Morgan fingerprint density at radius 2 is 1.92 bits per heavy atom. The monoisotopic (exact) mass is 358 g/mol. The summed E-state index contributed by atoms with van der Waals surface area (Å²) in [5.74, 6) is -0.577. The molecule has 0 saturated heterocycles. The van der Waals surface area contributed by atoms with Crippen molar-refractivity contribution in [3.8, 4) is 0 Å². The zero-order valence-electron chi connectivity index (χ0n) is 15.3. The lowest BCUT2D eigenvalue weighted by atomic mass is 10.0. The maximum Gasteiger partial charge on any atom is 0.340 e. The number of allylic oxidation sites excluding steroid dienone is 1. The first kappa shape index (κ1) is 19.4. The van der Waals surface area contributed by atoms with E-state index in [4.69, 9.17) is 4.74 Å². The van der Waals surface area contributed by atoms with Crippen LogP contribution in [-0.4, -0.2) is 34.9 Å². The number of hydrogen-bond acceptors (Lipinski definition) is 5. The molecule has 0 radical (unpaired) electrons. The Labute approximate surface area is 152 Å². The summed E-state index contributed by atoms with van der Waals surface area (Å²) >= 11 is 0. The van der Waals surface area contributed by atoms with E-state index in [1.165, 1.54) is 12.1 Å².